The quantitative estimate of drug-likeness (QED) is 0.143. The van der Waals surface area contributed by atoms with Gasteiger partial charge in [0.05, 0.1) is 24.2 Å². The Morgan fingerprint density at radius 1 is 1.05 bits per heavy atom. The van der Waals surface area contributed by atoms with Crippen LogP contribution in [0.2, 0.25) is 0 Å². The molecule has 1 N–H and O–H groups in total. The van der Waals surface area contributed by atoms with Crippen LogP contribution in [-0.2, 0) is 4.79 Å². The Labute approximate surface area is 232 Å². The summed E-state index contributed by atoms with van der Waals surface area (Å²) in [6, 6.07) is 22.5. The van der Waals surface area contributed by atoms with Crippen LogP contribution in [0, 0.1) is 17.8 Å². The fourth-order valence-corrected chi connectivity index (χ4v) is 6.23. The Hall–Kier alpha value is -3.73. The van der Waals surface area contributed by atoms with Gasteiger partial charge in [0, 0.05) is 11.8 Å². The number of benzene rings is 3. The number of carbonyl (C=O) groups is 1. The number of thiazole rings is 1. The van der Waals surface area contributed by atoms with Crippen LogP contribution >= 0.6 is 35.3 Å². The molecule has 192 valence electrons. The lowest BCUT2D eigenvalue weighted by Crippen LogP contribution is -2.22. The molecule has 0 bridgehead atoms. The first-order valence-corrected chi connectivity index (χ1v) is 13.9. The zero-order valence-corrected chi connectivity index (χ0v) is 23.4. The van der Waals surface area contributed by atoms with Crippen LogP contribution in [0.3, 0.4) is 0 Å². The van der Waals surface area contributed by atoms with Gasteiger partial charge in [0.2, 0.25) is 5.91 Å². The molecular weight excluding hydrogens is 537 g/mol. The second-order valence-corrected chi connectivity index (χ2v) is 11.2. The van der Waals surface area contributed by atoms with Crippen LogP contribution in [0.15, 0.2) is 82.7 Å². The van der Waals surface area contributed by atoms with Crippen molar-refractivity contribution in [3.63, 3.8) is 0 Å². The minimum absolute atomic E-state index is 0.0520. The second-order valence-electron chi connectivity index (χ2n) is 8.59. The summed E-state index contributed by atoms with van der Waals surface area (Å²) in [6.07, 6.45) is 0. The lowest BCUT2D eigenvalue weighted by atomic mass is 10.1. The van der Waals surface area contributed by atoms with Crippen LogP contribution < -0.4 is 15.6 Å². The van der Waals surface area contributed by atoms with Gasteiger partial charge < -0.3 is 10.1 Å². The van der Waals surface area contributed by atoms with E-state index in [1.54, 1.807) is 35.9 Å². The highest BCUT2D eigenvalue weighted by molar-refractivity contribution is 7.99. The van der Waals surface area contributed by atoms with E-state index in [1.165, 1.54) is 23.1 Å². The van der Waals surface area contributed by atoms with Crippen molar-refractivity contribution >= 4 is 57.3 Å². The SMILES string of the molecule is COc1cccc(NC(=O)CSc2nc3c(sc(=S)n3-c3ccc(C)cc3C)c(=O)n2-c2ccccc2)c1. The summed E-state index contributed by atoms with van der Waals surface area (Å²) in [6.45, 7) is 4.04. The standard InChI is InChI=1S/C28H24N4O3S3/c1-17-12-13-22(18(2)14-17)32-25-24(38-28(32)36)26(34)31(20-9-5-4-6-10-20)27(30-25)37-16-23(33)29-19-8-7-11-21(15-19)35-3/h4-15H,16H2,1-3H3,(H,29,33). The number of nitrogens with zero attached hydrogens (tertiary/aromatic N) is 3. The third-order valence-electron chi connectivity index (χ3n) is 5.87. The number of carbonyl (C=O) groups excluding carboxylic acids is 1. The smallest absolute Gasteiger partial charge is 0.278 e. The summed E-state index contributed by atoms with van der Waals surface area (Å²) in [5.74, 6) is 0.471. The molecule has 1 amide bonds. The maximum atomic E-state index is 13.8. The molecule has 0 atom stereocenters. The molecule has 0 aliphatic carbocycles. The van der Waals surface area contributed by atoms with Crippen LogP contribution in [-0.4, -0.2) is 32.9 Å². The van der Waals surface area contributed by atoms with Crippen molar-refractivity contribution < 1.29 is 9.53 Å². The number of fused-ring (bicyclic) bond motifs is 1. The number of thioether (sulfide) groups is 1. The lowest BCUT2D eigenvalue weighted by molar-refractivity contribution is -0.113. The third kappa shape index (κ3) is 5.15. The van der Waals surface area contributed by atoms with Gasteiger partial charge in [-0.05, 0) is 62.0 Å². The number of aromatic nitrogens is 3. The first-order valence-electron chi connectivity index (χ1n) is 11.7. The number of ether oxygens (including phenoxy) is 1. The Bertz CT molecular complexity index is 1770. The van der Waals surface area contributed by atoms with E-state index in [0.29, 0.717) is 36.6 Å². The molecule has 7 nitrogen and oxygen atoms in total. The normalized spacial score (nSPS) is 11.0. The summed E-state index contributed by atoms with van der Waals surface area (Å²) in [4.78, 5) is 31.6. The summed E-state index contributed by atoms with van der Waals surface area (Å²) >= 11 is 8.14. The number of methoxy groups -OCH3 is 1. The minimum Gasteiger partial charge on any atom is -0.497 e. The Morgan fingerprint density at radius 3 is 2.58 bits per heavy atom. The molecule has 5 aromatic rings. The third-order valence-corrected chi connectivity index (χ3v) is 8.16. The van der Waals surface area contributed by atoms with Crippen molar-refractivity contribution in [1.82, 2.24) is 14.1 Å². The molecule has 0 unspecified atom stereocenters. The van der Waals surface area contributed by atoms with Crippen molar-refractivity contribution in [3.05, 3.63) is 98.2 Å². The van der Waals surface area contributed by atoms with Gasteiger partial charge in [0.1, 0.15) is 10.4 Å². The van der Waals surface area contributed by atoms with Crippen LogP contribution in [0.25, 0.3) is 21.7 Å². The predicted molar refractivity (Wildman–Crippen MR) is 157 cm³/mol. The molecule has 0 saturated heterocycles. The van der Waals surface area contributed by atoms with Crippen molar-refractivity contribution in [3.8, 4) is 17.1 Å². The van der Waals surface area contributed by atoms with E-state index in [-0.39, 0.29) is 17.2 Å². The van der Waals surface area contributed by atoms with Gasteiger partial charge in [0.15, 0.2) is 14.8 Å². The Kier molecular flexibility index (Phi) is 7.46. The molecular formula is C28H24N4O3S3. The molecule has 10 heteroatoms. The van der Waals surface area contributed by atoms with Gasteiger partial charge in [-0.3, -0.25) is 18.7 Å². The molecule has 0 saturated carbocycles. The monoisotopic (exact) mass is 560 g/mol. The second kappa shape index (κ2) is 10.9. The average Bonchev–Trinajstić information content (AvgIpc) is 3.24. The number of para-hydroxylation sites is 1. The number of amides is 1. The van der Waals surface area contributed by atoms with E-state index >= 15 is 0 Å². The summed E-state index contributed by atoms with van der Waals surface area (Å²) in [5.41, 5.74) is 4.59. The molecule has 5 rings (SSSR count). The molecule has 0 aliphatic heterocycles. The van der Waals surface area contributed by atoms with Crippen LogP contribution in [0.4, 0.5) is 5.69 Å². The molecule has 38 heavy (non-hydrogen) atoms. The summed E-state index contributed by atoms with van der Waals surface area (Å²) < 4.78 is 9.63. The number of hydrogen-bond donors (Lipinski definition) is 1. The van der Waals surface area contributed by atoms with Crippen molar-refractivity contribution in [1.29, 1.82) is 0 Å². The van der Waals surface area contributed by atoms with Gasteiger partial charge in [-0.15, -0.1) is 0 Å². The average molecular weight is 561 g/mol. The predicted octanol–water partition coefficient (Wildman–Crippen LogP) is 6.32. The number of rotatable bonds is 7. The van der Waals surface area contributed by atoms with E-state index < -0.39 is 0 Å². The van der Waals surface area contributed by atoms with Crippen molar-refractivity contribution in [2.75, 3.05) is 18.2 Å². The molecule has 0 aliphatic rings. The van der Waals surface area contributed by atoms with Gasteiger partial charge in [-0.2, -0.15) is 0 Å². The zero-order chi connectivity index (χ0) is 26.8. The van der Waals surface area contributed by atoms with Gasteiger partial charge >= 0.3 is 0 Å². The molecule has 2 aromatic heterocycles. The van der Waals surface area contributed by atoms with Gasteiger partial charge in [-0.1, -0.05) is 65.1 Å². The van der Waals surface area contributed by atoms with E-state index in [2.05, 4.69) is 11.4 Å². The summed E-state index contributed by atoms with van der Waals surface area (Å²) in [7, 11) is 1.57. The number of hydrogen-bond acceptors (Lipinski definition) is 7. The maximum Gasteiger partial charge on any atom is 0.278 e. The largest absolute Gasteiger partial charge is 0.497 e. The first kappa shape index (κ1) is 25.9. The molecule has 0 fully saturated rings. The fraction of sp³-hybridized carbons (Fsp3) is 0.143. The fourth-order valence-electron chi connectivity index (χ4n) is 4.13. The van der Waals surface area contributed by atoms with Crippen molar-refractivity contribution in [2.45, 2.75) is 19.0 Å². The highest BCUT2D eigenvalue weighted by Gasteiger charge is 2.20. The van der Waals surface area contributed by atoms with Gasteiger partial charge in [-0.25, -0.2) is 4.98 Å². The molecule has 3 aromatic carbocycles. The van der Waals surface area contributed by atoms with Crippen LogP contribution in [0.1, 0.15) is 11.1 Å². The van der Waals surface area contributed by atoms with E-state index in [9.17, 15) is 9.59 Å². The maximum absolute atomic E-state index is 13.8. The number of aryl methyl sites for hydroxylation is 2. The highest BCUT2D eigenvalue weighted by Crippen LogP contribution is 2.29. The topological polar surface area (TPSA) is 78.2 Å². The Balaban J connectivity index is 1.58. The lowest BCUT2D eigenvalue weighted by Gasteiger charge is -2.14. The first-order chi connectivity index (χ1) is 18.4. The molecule has 0 radical (unpaired) electrons. The molecule has 2 heterocycles. The summed E-state index contributed by atoms with van der Waals surface area (Å²) in [5, 5.41) is 3.28. The van der Waals surface area contributed by atoms with E-state index in [0.717, 1.165) is 16.8 Å². The number of nitrogens with one attached hydrogen (secondary N) is 1. The van der Waals surface area contributed by atoms with E-state index in [1.807, 2.05) is 60.9 Å². The zero-order valence-electron chi connectivity index (χ0n) is 20.9. The van der Waals surface area contributed by atoms with Crippen LogP contribution in [0.5, 0.6) is 5.75 Å². The highest BCUT2D eigenvalue weighted by atomic mass is 32.2. The Morgan fingerprint density at radius 2 is 1.84 bits per heavy atom. The van der Waals surface area contributed by atoms with Crippen molar-refractivity contribution in [2.24, 2.45) is 0 Å². The molecule has 0 spiro atoms. The van der Waals surface area contributed by atoms with E-state index in [4.69, 9.17) is 21.9 Å². The van der Waals surface area contributed by atoms with Gasteiger partial charge in [0.25, 0.3) is 5.56 Å². The number of anilines is 1. The minimum atomic E-state index is -0.228.